The maximum atomic E-state index is 12.0. The highest BCUT2D eigenvalue weighted by Gasteiger charge is 2.31. The Bertz CT molecular complexity index is 304. The second kappa shape index (κ2) is 7.23. The third-order valence-corrected chi connectivity index (χ3v) is 3.89. The lowest BCUT2D eigenvalue weighted by molar-refractivity contribution is -0.132. The maximum Gasteiger partial charge on any atom is 0.390 e. The molecule has 112 valence electrons. The Kier molecular flexibility index (Phi) is 6.25. The van der Waals surface area contributed by atoms with E-state index in [1.165, 1.54) is 0 Å². The second-order valence-corrected chi connectivity index (χ2v) is 5.62. The summed E-state index contributed by atoms with van der Waals surface area (Å²) >= 11 is 1.66. The van der Waals surface area contributed by atoms with Crippen LogP contribution in [0.25, 0.3) is 0 Å². The Morgan fingerprint density at radius 2 is 2.16 bits per heavy atom. The molecule has 1 atom stereocenters. The van der Waals surface area contributed by atoms with Crippen molar-refractivity contribution in [1.82, 2.24) is 10.6 Å². The third-order valence-electron chi connectivity index (χ3n) is 2.66. The molecule has 1 aliphatic rings. The van der Waals surface area contributed by atoms with Gasteiger partial charge in [0.2, 0.25) is 0 Å². The number of nitrogens with zero attached hydrogens (tertiary/aromatic N) is 1. The molecule has 1 heterocycles. The lowest BCUT2D eigenvalue weighted by Crippen LogP contribution is -2.41. The summed E-state index contributed by atoms with van der Waals surface area (Å²) in [5, 5.41) is 15.6. The number of rotatable bonds is 5. The molecule has 1 fully saturated rings. The van der Waals surface area contributed by atoms with Gasteiger partial charge in [-0.15, -0.1) is 0 Å². The van der Waals surface area contributed by atoms with Crippen LogP contribution in [0.4, 0.5) is 13.2 Å². The molecule has 0 aliphatic carbocycles. The summed E-state index contributed by atoms with van der Waals surface area (Å²) in [7, 11) is 0. The topological polar surface area (TPSA) is 56.7 Å². The number of aliphatic imine (C=N–C) groups is 1. The zero-order valence-electron chi connectivity index (χ0n) is 10.9. The molecule has 0 spiro atoms. The van der Waals surface area contributed by atoms with Gasteiger partial charge in [0.15, 0.2) is 5.96 Å². The van der Waals surface area contributed by atoms with Crippen molar-refractivity contribution < 1.29 is 18.3 Å². The molecular formula is C11H20F3N3OS. The second-order valence-electron chi connectivity index (χ2n) is 4.51. The lowest BCUT2D eigenvalue weighted by Gasteiger charge is -2.20. The number of hydrogen-bond acceptors (Lipinski definition) is 3. The van der Waals surface area contributed by atoms with Crippen molar-refractivity contribution in [2.75, 3.05) is 31.1 Å². The van der Waals surface area contributed by atoms with Crippen molar-refractivity contribution in [1.29, 1.82) is 0 Å². The summed E-state index contributed by atoms with van der Waals surface area (Å²) in [5.74, 6) is 1.83. The predicted molar refractivity (Wildman–Crippen MR) is 71.5 cm³/mol. The van der Waals surface area contributed by atoms with Crippen LogP contribution in [-0.4, -0.2) is 54.0 Å². The summed E-state index contributed by atoms with van der Waals surface area (Å²) in [6, 6.07) is 0. The molecule has 0 aromatic heterocycles. The van der Waals surface area contributed by atoms with Gasteiger partial charge in [0, 0.05) is 18.8 Å². The van der Waals surface area contributed by atoms with Crippen LogP contribution in [0.2, 0.25) is 0 Å². The average Bonchev–Trinajstić information content (AvgIpc) is 2.72. The molecular weight excluding hydrogens is 279 g/mol. The minimum absolute atomic E-state index is 0.210. The fraction of sp³-hybridized carbons (Fsp3) is 0.909. The highest BCUT2D eigenvalue weighted by molar-refractivity contribution is 7.99. The molecule has 1 saturated heterocycles. The van der Waals surface area contributed by atoms with Crippen molar-refractivity contribution in [2.45, 2.75) is 31.5 Å². The van der Waals surface area contributed by atoms with E-state index < -0.39 is 18.2 Å². The van der Waals surface area contributed by atoms with Crippen LogP contribution < -0.4 is 10.6 Å². The van der Waals surface area contributed by atoms with Crippen LogP contribution in [0.3, 0.4) is 0 Å². The number of alkyl halides is 3. The Balaban J connectivity index is 2.42. The number of aliphatic hydroxyl groups is 1. The Hall–Kier alpha value is -0.630. The third kappa shape index (κ3) is 6.91. The first-order valence-electron chi connectivity index (χ1n) is 6.24. The molecule has 3 N–H and O–H groups in total. The Morgan fingerprint density at radius 1 is 1.42 bits per heavy atom. The van der Waals surface area contributed by atoms with E-state index in [0.29, 0.717) is 24.7 Å². The molecule has 8 heteroatoms. The molecule has 0 radical (unpaired) electrons. The Labute approximate surface area is 115 Å². The van der Waals surface area contributed by atoms with E-state index in [4.69, 9.17) is 0 Å². The first-order valence-corrected chi connectivity index (χ1v) is 7.39. The van der Waals surface area contributed by atoms with Crippen LogP contribution in [0.1, 0.15) is 19.8 Å². The zero-order chi connectivity index (χ0) is 14.4. The van der Waals surface area contributed by atoms with Crippen molar-refractivity contribution >= 4 is 17.7 Å². The number of guanidine groups is 1. The fourth-order valence-corrected chi connectivity index (χ4v) is 2.90. The molecule has 4 nitrogen and oxygen atoms in total. The van der Waals surface area contributed by atoms with Crippen LogP contribution in [0.5, 0.6) is 0 Å². The minimum atomic E-state index is -4.18. The SMILES string of the molecule is CCNC(=NCC1(O)CCSC1)NCCC(F)(F)F. The average molecular weight is 299 g/mol. The number of nitrogens with one attached hydrogen (secondary N) is 2. The van der Waals surface area contributed by atoms with Gasteiger partial charge in [-0.3, -0.25) is 4.99 Å². The summed E-state index contributed by atoms with van der Waals surface area (Å²) in [4.78, 5) is 4.15. The van der Waals surface area contributed by atoms with E-state index in [1.807, 2.05) is 6.92 Å². The molecule has 0 aromatic rings. The Morgan fingerprint density at radius 3 is 2.68 bits per heavy atom. The molecule has 1 aliphatic heterocycles. The summed E-state index contributed by atoms with van der Waals surface area (Å²) in [6.45, 7) is 2.38. The molecule has 0 bridgehead atoms. The van der Waals surface area contributed by atoms with Crippen molar-refractivity contribution in [3.63, 3.8) is 0 Å². The zero-order valence-corrected chi connectivity index (χ0v) is 11.7. The number of hydrogen-bond donors (Lipinski definition) is 3. The van der Waals surface area contributed by atoms with Crippen LogP contribution in [0, 0.1) is 0 Å². The molecule has 1 rings (SSSR count). The molecule has 0 aromatic carbocycles. The van der Waals surface area contributed by atoms with Gasteiger partial charge in [-0.2, -0.15) is 24.9 Å². The lowest BCUT2D eigenvalue weighted by atomic mass is 10.1. The van der Waals surface area contributed by atoms with E-state index in [0.717, 1.165) is 5.75 Å². The van der Waals surface area contributed by atoms with Gasteiger partial charge in [-0.05, 0) is 19.1 Å². The molecule has 0 saturated carbocycles. The normalized spacial score (nSPS) is 24.6. The molecule has 1 unspecified atom stereocenters. The summed E-state index contributed by atoms with van der Waals surface area (Å²) in [5.41, 5.74) is -0.822. The van der Waals surface area contributed by atoms with Gasteiger partial charge in [0.25, 0.3) is 0 Å². The van der Waals surface area contributed by atoms with Gasteiger partial charge in [0.1, 0.15) is 0 Å². The van der Waals surface area contributed by atoms with Crippen LogP contribution in [-0.2, 0) is 0 Å². The van der Waals surface area contributed by atoms with Gasteiger partial charge < -0.3 is 15.7 Å². The summed E-state index contributed by atoms with van der Waals surface area (Å²) < 4.78 is 36.1. The first kappa shape index (κ1) is 16.4. The van der Waals surface area contributed by atoms with Crippen LogP contribution in [0.15, 0.2) is 4.99 Å². The van der Waals surface area contributed by atoms with E-state index in [2.05, 4.69) is 15.6 Å². The number of halogens is 3. The van der Waals surface area contributed by atoms with E-state index in [9.17, 15) is 18.3 Å². The fourth-order valence-electron chi connectivity index (χ4n) is 1.61. The van der Waals surface area contributed by atoms with Gasteiger partial charge in [-0.1, -0.05) is 0 Å². The number of thioether (sulfide) groups is 1. The first-order chi connectivity index (χ1) is 8.85. The highest BCUT2D eigenvalue weighted by Crippen LogP contribution is 2.27. The van der Waals surface area contributed by atoms with Crippen molar-refractivity contribution in [3.05, 3.63) is 0 Å². The molecule has 0 amide bonds. The van der Waals surface area contributed by atoms with E-state index in [1.54, 1.807) is 11.8 Å². The summed E-state index contributed by atoms with van der Waals surface area (Å²) in [6.07, 6.45) is -4.41. The van der Waals surface area contributed by atoms with Crippen molar-refractivity contribution in [2.24, 2.45) is 4.99 Å². The molecule has 19 heavy (non-hydrogen) atoms. The standard InChI is InChI=1S/C11H20F3N3OS/c1-2-15-9(16-5-3-11(12,13)14)17-7-10(18)4-6-19-8-10/h18H,2-8H2,1H3,(H2,15,16,17). The van der Waals surface area contributed by atoms with Gasteiger partial charge >= 0.3 is 6.18 Å². The predicted octanol–water partition coefficient (Wildman–Crippen LogP) is 1.36. The smallest absolute Gasteiger partial charge is 0.387 e. The van der Waals surface area contributed by atoms with Gasteiger partial charge in [-0.25, -0.2) is 0 Å². The van der Waals surface area contributed by atoms with Crippen molar-refractivity contribution in [3.8, 4) is 0 Å². The highest BCUT2D eigenvalue weighted by atomic mass is 32.2. The van der Waals surface area contributed by atoms with Gasteiger partial charge in [0.05, 0.1) is 18.6 Å². The maximum absolute atomic E-state index is 12.0. The largest absolute Gasteiger partial charge is 0.390 e. The quantitative estimate of drug-likeness (QED) is 0.530. The van der Waals surface area contributed by atoms with E-state index in [-0.39, 0.29) is 13.1 Å². The van der Waals surface area contributed by atoms with Crippen LogP contribution >= 0.6 is 11.8 Å². The minimum Gasteiger partial charge on any atom is -0.387 e. The van der Waals surface area contributed by atoms with E-state index >= 15 is 0 Å². The monoisotopic (exact) mass is 299 g/mol.